The molecule has 104 valence electrons. The molecule has 2 aromatic rings. The second-order valence-corrected chi connectivity index (χ2v) is 5.74. The summed E-state index contributed by atoms with van der Waals surface area (Å²) in [6, 6.07) is 11.3. The molecule has 1 N–H and O–H groups in total. The molecule has 2 aromatic carbocycles. The third-order valence-corrected chi connectivity index (χ3v) is 4.14. The molecule has 1 saturated heterocycles. The lowest BCUT2D eigenvalue weighted by Gasteiger charge is -2.43. The van der Waals surface area contributed by atoms with Gasteiger partial charge in [0, 0.05) is 23.5 Å². The normalized spacial score (nSPS) is 16.8. The van der Waals surface area contributed by atoms with E-state index < -0.39 is 0 Å². The van der Waals surface area contributed by atoms with Gasteiger partial charge in [-0.05, 0) is 41.8 Å². The Kier molecular flexibility index (Phi) is 3.48. The van der Waals surface area contributed by atoms with Crippen molar-refractivity contribution in [2.75, 3.05) is 13.1 Å². The highest BCUT2D eigenvalue weighted by Crippen LogP contribution is 2.34. The van der Waals surface area contributed by atoms with Crippen LogP contribution in [-0.4, -0.2) is 13.1 Å². The number of nitrogens with one attached hydrogen (secondary N) is 1. The van der Waals surface area contributed by atoms with E-state index in [9.17, 15) is 8.78 Å². The minimum atomic E-state index is -0.305. The van der Waals surface area contributed by atoms with Gasteiger partial charge in [0.25, 0.3) is 0 Å². The largest absolute Gasteiger partial charge is 0.315 e. The lowest BCUT2D eigenvalue weighted by molar-refractivity contribution is 0.271. The van der Waals surface area contributed by atoms with Gasteiger partial charge in [-0.25, -0.2) is 8.78 Å². The number of hydrogen-bond donors (Lipinski definition) is 1. The lowest BCUT2D eigenvalue weighted by Crippen LogP contribution is -2.58. The number of benzene rings is 2. The summed E-state index contributed by atoms with van der Waals surface area (Å²) < 4.78 is 27.4. The van der Waals surface area contributed by atoms with Crippen molar-refractivity contribution < 1.29 is 8.78 Å². The van der Waals surface area contributed by atoms with E-state index in [4.69, 9.17) is 11.6 Å². The predicted octanol–water partition coefficient (Wildman–Crippen LogP) is 3.70. The summed E-state index contributed by atoms with van der Waals surface area (Å²) in [7, 11) is 0. The van der Waals surface area contributed by atoms with Crippen LogP contribution in [-0.2, 0) is 11.8 Å². The van der Waals surface area contributed by atoms with E-state index in [1.54, 1.807) is 18.2 Å². The van der Waals surface area contributed by atoms with Crippen molar-refractivity contribution in [3.05, 3.63) is 70.2 Å². The topological polar surface area (TPSA) is 12.0 Å². The molecule has 0 aliphatic carbocycles. The SMILES string of the molecule is Fc1cccc(C2(Cc3ccc(Cl)cc3F)CNC2)c1. The van der Waals surface area contributed by atoms with E-state index in [1.165, 1.54) is 18.2 Å². The Morgan fingerprint density at radius 2 is 1.90 bits per heavy atom. The molecule has 1 aliphatic rings. The van der Waals surface area contributed by atoms with E-state index in [1.807, 2.05) is 6.07 Å². The summed E-state index contributed by atoms with van der Waals surface area (Å²) in [6.07, 6.45) is 0.534. The van der Waals surface area contributed by atoms with Crippen LogP contribution >= 0.6 is 11.6 Å². The first kappa shape index (κ1) is 13.5. The van der Waals surface area contributed by atoms with Crippen LogP contribution in [0, 0.1) is 11.6 Å². The van der Waals surface area contributed by atoms with E-state index >= 15 is 0 Å². The van der Waals surface area contributed by atoms with Crippen LogP contribution in [0.4, 0.5) is 8.78 Å². The summed E-state index contributed by atoms with van der Waals surface area (Å²) in [5, 5.41) is 3.59. The van der Waals surface area contributed by atoms with Gasteiger partial charge >= 0.3 is 0 Å². The molecule has 1 fully saturated rings. The van der Waals surface area contributed by atoms with Gasteiger partial charge in [-0.2, -0.15) is 0 Å². The summed E-state index contributed by atoms with van der Waals surface area (Å²) in [4.78, 5) is 0. The fourth-order valence-corrected chi connectivity index (χ4v) is 2.86. The van der Waals surface area contributed by atoms with Crippen LogP contribution in [0.5, 0.6) is 0 Å². The summed E-state index contributed by atoms with van der Waals surface area (Å²) in [5.41, 5.74) is 1.28. The van der Waals surface area contributed by atoms with Crippen LogP contribution in [0.15, 0.2) is 42.5 Å². The van der Waals surface area contributed by atoms with E-state index in [0.717, 1.165) is 18.7 Å². The van der Waals surface area contributed by atoms with Gasteiger partial charge in [0.1, 0.15) is 11.6 Å². The molecule has 0 bridgehead atoms. The minimum Gasteiger partial charge on any atom is -0.315 e. The second-order valence-electron chi connectivity index (χ2n) is 5.31. The molecule has 0 unspecified atom stereocenters. The molecule has 0 radical (unpaired) electrons. The molecular weight excluding hydrogens is 280 g/mol. The quantitative estimate of drug-likeness (QED) is 0.910. The van der Waals surface area contributed by atoms with Gasteiger partial charge in [0.05, 0.1) is 0 Å². The number of rotatable bonds is 3. The third kappa shape index (κ3) is 2.43. The first-order valence-corrected chi connectivity index (χ1v) is 6.88. The van der Waals surface area contributed by atoms with Gasteiger partial charge < -0.3 is 5.32 Å². The lowest BCUT2D eigenvalue weighted by atomic mass is 9.71. The number of halogens is 3. The molecule has 0 atom stereocenters. The van der Waals surface area contributed by atoms with E-state index in [2.05, 4.69) is 5.32 Å². The van der Waals surface area contributed by atoms with Crippen LogP contribution in [0.2, 0.25) is 5.02 Å². The fraction of sp³-hybridized carbons (Fsp3) is 0.250. The molecular formula is C16H14ClF2N. The maximum absolute atomic E-state index is 14.0. The summed E-state index contributed by atoms with van der Waals surface area (Å²) >= 11 is 5.77. The molecule has 20 heavy (non-hydrogen) atoms. The van der Waals surface area contributed by atoms with Crippen LogP contribution in [0.25, 0.3) is 0 Å². The van der Waals surface area contributed by atoms with E-state index in [-0.39, 0.29) is 17.0 Å². The molecule has 0 spiro atoms. The van der Waals surface area contributed by atoms with Crippen molar-refractivity contribution in [3.8, 4) is 0 Å². The summed E-state index contributed by atoms with van der Waals surface area (Å²) in [5.74, 6) is -0.564. The number of hydrogen-bond acceptors (Lipinski definition) is 1. The average Bonchev–Trinajstić information content (AvgIpc) is 2.36. The Hall–Kier alpha value is -1.45. The molecule has 1 aliphatic heterocycles. The predicted molar refractivity (Wildman–Crippen MR) is 76.1 cm³/mol. The summed E-state index contributed by atoms with van der Waals surface area (Å²) in [6.45, 7) is 1.44. The van der Waals surface area contributed by atoms with Crippen molar-refractivity contribution in [2.24, 2.45) is 0 Å². The van der Waals surface area contributed by atoms with Gasteiger partial charge in [-0.15, -0.1) is 0 Å². The molecule has 0 saturated carbocycles. The molecule has 0 amide bonds. The second kappa shape index (κ2) is 5.15. The van der Waals surface area contributed by atoms with Gasteiger partial charge in [-0.3, -0.25) is 0 Å². The first-order valence-electron chi connectivity index (χ1n) is 6.50. The molecule has 1 nitrogen and oxygen atoms in total. The van der Waals surface area contributed by atoms with Crippen LogP contribution in [0.3, 0.4) is 0 Å². The molecule has 3 rings (SSSR count). The Bertz CT molecular complexity index is 638. The highest BCUT2D eigenvalue weighted by Gasteiger charge is 2.39. The smallest absolute Gasteiger partial charge is 0.127 e. The molecule has 0 aromatic heterocycles. The van der Waals surface area contributed by atoms with E-state index in [0.29, 0.717) is 17.0 Å². The Labute approximate surface area is 121 Å². The Balaban J connectivity index is 1.94. The zero-order chi connectivity index (χ0) is 14.2. The van der Waals surface area contributed by atoms with Crippen LogP contribution in [0.1, 0.15) is 11.1 Å². The maximum atomic E-state index is 14.0. The van der Waals surface area contributed by atoms with Gasteiger partial charge in [0.2, 0.25) is 0 Å². The monoisotopic (exact) mass is 293 g/mol. The first-order chi connectivity index (χ1) is 9.59. The average molecular weight is 294 g/mol. The third-order valence-electron chi connectivity index (χ3n) is 3.91. The van der Waals surface area contributed by atoms with Gasteiger partial charge in [0.15, 0.2) is 0 Å². The Morgan fingerprint density at radius 1 is 1.10 bits per heavy atom. The zero-order valence-corrected chi connectivity index (χ0v) is 11.6. The highest BCUT2D eigenvalue weighted by atomic mass is 35.5. The molecule has 1 heterocycles. The van der Waals surface area contributed by atoms with Crippen molar-refractivity contribution >= 4 is 11.6 Å². The van der Waals surface area contributed by atoms with Gasteiger partial charge in [-0.1, -0.05) is 29.8 Å². The minimum absolute atomic E-state index is 0.239. The van der Waals surface area contributed by atoms with Crippen molar-refractivity contribution in [1.82, 2.24) is 5.32 Å². The van der Waals surface area contributed by atoms with Crippen molar-refractivity contribution in [2.45, 2.75) is 11.8 Å². The molecule has 4 heteroatoms. The van der Waals surface area contributed by atoms with Crippen molar-refractivity contribution in [1.29, 1.82) is 0 Å². The Morgan fingerprint density at radius 3 is 2.50 bits per heavy atom. The van der Waals surface area contributed by atoms with Crippen LogP contribution < -0.4 is 5.32 Å². The standard InChI is InChI=1S/C16H14ClF2N/c17-13-5-4-11(15(19)7-13)8-16(9-20-10-16)12-2-1-3-14(18)6-12/h1-7,20H,8-10H2. The van der Waals surface area contributed by atoms with Crippen molar-refractivity contribution in [3.63, 3.8) is 0 Å². The highest BCUT2D eigenvalue weighted by molar-refractivity contribution is 6.30. The fourth-order valence-electron chi connectivity index (χ4n) is 2.71. The maximum Gasteiger partial charge on any atom is 0.127 e. The zero-order valence-electron chi connectivity index (χ0n) is 10.8.